The molecule has 1 aromatic heterocycles. The highest BCUT2D eigenvalue weighted by atomic mass is 19.1. The average Bonchev–Trinajstić information content (AvgIpc) is 3.09. The molecule has 0 radical (unpaired) electrons. The molecular weight excluding hydrogens is 313 g/mol. The van der Waals surface area contributed by atoms with Crippen molar-refractivity contribution < 1.29 is 14.3 Å². The molecule has 3 N–H and O–H groups in total. The maximum Gasteiger partial charge on any atom is 0.234 e. The number of aromatic nitrogens is 3. The number of piperidine rings is 1. The molecule has 0 saturated carbocycles. The summed E-state index contributed by atoms with van der Waals surface area (Å²) < 4.78 is 13.5. The van der Waals surface area contributed by atoms with Gasteiger partial charge >= 0.3 is 0 Å². The van der Waals surface area contributed by atoms with E-state index in [0.717, 1.165) is 6.42 Å². The molecule has 1 aliphatic rings. The molecule has 24 heavy (non-hydrogen) atoms. The molecule has 7 nitrogen and oxygen atoms in total. The molecule has 0 bridgehead atoms. The lowest BCUT2D eigenvalue weighted by atomic mass is 9.90. The monoisotopic (exact) mass is 333 g/mol. The fraction of sp³-hybridized carbons (Fsp3) is 0.438. The Bertz CT molecular complexity index is 694. The summed E-state index contributed by atoms with van der Waals surface area (Å²) in [6.07, 6.45) is 2.83. The van der Waals surface area contributed by atoms with Crippen molar-refractivity contribution in [3.05, 3.63) is 47.5 Å². The third-order valence-corrected chi connectivity index (χ3v) is 4.24. The Morgan fingerprint density at radius 3 is 3.04 bits per heavy atom. The number of H-pyrrole nitrogens is 1. The van der Waals surface area contributed by atoms with Gasteiger partial charge in [0.2, 0.25) is 5.91 Å². The van der Waals surface area contributed by atoms with E-state index in [-0.39, 0.29) is 24.8 Å². The summed E-state index contributed by atoms with van der Waals surface area (Å²) >= 11 is 0. The van der Waals surface area contributed by atoms with Gasteiger partial charge in [0.25, 0.3) is 0 Å². The van der Waals surface area contributed by atoms with Crippen LogP contribution in [-0.2, 0) is 16.9 Å². The number of rotatable bonds is 5. The standard InChI is InChI=1S/C16H20FN5O2/c17-13-5-2-1-4-12(13)8-18-15(23)10-22-7-3-6-16(24,11-22)14-9-19-21-20-14/h1-2,4-5,9,24H,3,6-8,10-11H2,(H,18,23)(H,19,20,21)/t16-/m1/s1. The summed E-state index contributed by atoms with van der Waals surface area (Å²) in [6, 6.07) is 6.34. The lowest BCUT2D eigenvalue weighted by molar-refractivity contribution is -0.124. The van der Waals surface area contributed by atoms with Crippen LogP contribution >= 0.6 is 0 Å². The molecule has 1 aromatic carbocycles. The predicted molar refractivity (Wildman–Crippen MR) is 84.2 cm³/mol. The van der Waals surface area contributed by atoms with Gasteiger partial charge in [-0.05, 0) is 25.5 Å². The van der Waals surface area contributed by atoms with Gasteiger partial charge in [0.1, 0.15) is 17.1 Å². The molecule has 1 atom stereocenters. The summed E-state index contributed by atoms with van der Waals surface area (Å²) in [6.45, 7) is 1.32. The number of aromatic amines is 1. The lowest BCUT2D eigenvalue weighted by Crippen LogP contribution is -2.49. The number of carbonyl (C=O) groups is 1. The Morgan fingerprint density at radius 1 is 1.46 bits per heavy atom. The molecule has 3 rings (SSSR count). The third-order valence-electron chi connectivity index (χ3n) is 4.24. The van der Waals surface area contributed by atoms with Gasteiger partial charge < -0.3 is 10.4 Å². The maximum absolute atomic E-state index is 13.5. The Labute approximate surface area is 138 Å². The van der Waals surface area contributed by atoms with Crippen LogP contribution < -0.4 is 5.32 Å². The van der Waals surface area contributed by atoms with Gasteiger partial charge in [-0.3, -0.25) is 9.69 Å². The summed E-state index contributed by atoms with van der Waals surface area (Å²) in [7, 11) is 0. The van der Waals surface area contributed by atoms with E-state index in [9.17, 15) is 14.3 Å². The number of nitrogens with one attached hydrogen (secondary N) is 2. The van der Waals surface area contributed by atoms with Crippen molar-refractivity contribution in [3.8, 4) is 0 Å². The number of hydrogen-bond donors (Lipinski definition) is 3. The zero-order chi connectivity index (χ0) is 17.0. The number of hydrogen-bond acceptors (Lipinski definition) is 5. The summed E-state index contributed by atoms with van der Waals surface area (Å²) in [4.78, 5) is 14.0. The normalized spacial score (nSPS) is 21.6. The second-order valence-electron chi connectivity index (χ2n) is 6.07. The van der Waals surface area contributed by atoms with Crippen LogP contribution in [0, 0.1) is 5.82 Å². The maximum atomic E-state index is 13.5. The van der Waals surface area contributed by atoms with Gasteiger partial charge in [-0.15, -0.1) is 0 Å². The highest BCUT2D eigenvalue weighted by Gasteiger charge is 2.37. The van der Waals surface area contributed by atoms with Crippen molar-refractivity contribution in [3.63, 3.8) is 0 Å². The van der Waals surface area contributed by atoms with Crippen LogP contribution in [0.4, 0.5) is 4.39 Å². The van der Waals surface area contributed by atoms with Crippen LogP contribution in [0.5, 0.6) is 0 Å². The molecule has 1 aliphatic heterocycles. The number of amides is 1. The number of β-amino-alcohol motifs (C(OH)–C–C–N with tert-alkyl or cyclic N) is 1. The number of aliphatic hydroxyl groups is 1. The molecule has 2 aromatic rings. The quantitative estimate of drug-likeness (QED) is 0.743. The van der Waals surface area contributed by atoms with Gasteiger partial charge in [0.05, 0.1) is 12.7 Å². The van der Waals surface area contributed by atoms with E-state index in [1.54, 1.807) is 18.2 Å². The number of nitrogens with zero attached hydrogens (tertiary/aromatic N) is 3. The molecule has 0 aliphatic carbocycles. The molecule has 0 unspecified atom stereocenters. The van der Waals surface area contributed by atoms with Crippen molar-refractivity contribution in [1.29, 1.82) is 0 Å². The molecule has 0 spiro atoms. The van der Waals surface area contributed by atoms with E-state index in [0.29, 0.717) is 30.8 Å². The third kappa shape index (κ3) is 3.77. The second-order valence-corrected chi connectivity index (χ2v) is 6.07. The predicted octanol–water partition coefficient (Wildman–Crippen LogP) is 0.544. The first-order valence-corrected chi connectivity index (χ1v) is 7.88. The van der Waals surface area contributed by atoms with Crippen LogP contribution in [0.2, 0.25) is 0 Å². The highest BCUT2D eigenvalue weighted by Crippen LogP contribution is 2.29. The molecule has 8 heteroatoms. The van der Waals surface area contributed by atoms with E-state index in [4.69, 9.17) is 0 Å². The number of likely N-dealkylation sites (tertiary alicyclic amines) is 1. The van der Waals surface area contributed by atoms with E-state index in [1.165, 1.54) is 12.3 Å². The van der Waals surface area contributed by atoms with E-state index >= 15 is 0 Å². The Kier molecular flexibility index (Phi) is 4.86. The molecule has 1 amide bonds. The average molecular weight is 333 g/mol. The van der Waals surface area contributed by atoms with Crippen LogP contribution in [0.25, 0.3) is 0 Å². The van der Waals surface area contributed by atoms with Crippen LogP contribution in [-0.4, -0.2) is 51.0 Å². The van der Waals surface area contributed by atoms with Crippen molar-refractivity contribution >= 4 is 5.91 Å². The van der Waals surface area contributed by atoms with Crippen LogP contribution in [0.3, 0.4) is 0 Å². The number of benzene rings is 1. The van der Waals surface area contributed by atoms with Crippen molar-refractivity contribution in [2.45, 2.75) is 25.0 Å². The topological polar surface area (TPSA) is 94.1 Å². The summed E-state index contributed by atoms with van der Waals surface area (Å²) in [5, 5.41) is 23.6. The summed E-state index contributed by atoms with van der Waals surface area (Å²) in [5.41, 5.74) is -0.167. The Balaban J connectivity index is 1.54. The zero-order valence-corrected chi connectivity index (χ0v) is 13.2. The molecule has 2 heterocycles. The van der Waals surface area contributed by atoms with Crippen molar-refractivity contribution in [2.24, 2.45) is 0 Å². The van der Waals surface area contributed by atoms with Crippen molar-refractivity contribution in [1.82, 2.24) is 25.6 Å². The molecule has 1 saturated heterocycles. The lowest BCUT2D eigenvalue weighted by Gasteiger charge is -2.37. The SMILES string of the molecule is O=C(CN1CCC[C@](O)(c2cn[nH]n2)C1)NCc1ccccc1F. The Morgan fingerprint density at radius 2 is 2.29 bits per heavy atom. The molecule has 128 valence electrons. The zero-order valence-electron chi connectivity index (χ0n) is 13.2. The fourth-order valence-corrected chi connectivity index (χ4v) is 2.99. The first-order valence-electron chi connectivity index (χ1n) is 7.88. The second kappa shape index (κ2) is 7.06. The Hall–Kier alpha value is -2.32. The number of carbonyl (C=O) groups excluding carboxylic acids is 1. The highest BCUT2D eigenvalue weighted by molar-refractivity contribution is 5.78. The van der Waals surface area contributed by atoms with Gasteiger partial charge in [0.15, 0.2) is 0 Å². The first-order chi connectivity index (χ1) is 11.6. The minimum atomic E-state index is -1.10. The van der Waals surface area contributed by atoms with E-state index < -0.39 is 5.60 Å². The smallest absolute Gasteiger partial charge is 0.234 e. The van der Waals surface area contributed by atoms with Crippen molar-refractivity contribution in [2.75, 3.05) is 19.6 Å². The van der Waals surface area contributed by atoms with Gasteiger partial charge in [-0.2, -0.15) is 15.4 Å². The number of halogens is 1. The van der Waals surface area contributed by atoms with Gasteiger partial charge in [-0.25, -0.2) is 4.39 Å². The van der Waals surface area contributed by atoms with E-state index in [2.05, 4.69) is 20.7 Å². The van der Waals surface area contributed by atoms with Crippen LogP contribution in [0.15, 0.2) is 30.5 Å². The van der Waals surface area contributed by atoms with E-state index in [1.807, 2.05) is 4.90 Å². The molecular formula is C16H20FN5O2. The molecule has 1 fully saturated rings. The fourth-order valence-electron chi connectivity index (χ4n) is 2.99. The summed E-state index contributed by atoms with van der Waals surface area (Å²) in [5.74, 6) is -0.543. The minimum Gasteiger partial charge on any atom is -0.382 e. The largest absolute Gasteiger partial charge is 0.382 e. The van der Waals surface area contributed by atoms with Crippen LogP contribution in [0.1, 0.15) is 24.1 Å². The van der Waals surface area contributed by atoms with Gasteiger partial charge in [-0.1, -0.05) is 18.2 Å². The minimum absolute atomic E-state index is 0.146. The van der Waals surface area contributed by atoms with Gasteiger partial charge in [0, 0.05) is 18.7 Å². The first kappa shape index (κ1) is 16.5.